The van der Waals surface area contributed by atoms with Gasteiger partial charge in [-0.2, -0.15) is 0 Å². The molecule has 0 aliphatic carbocycles. The van der Waals surface area contributed by atoms with Gasteiger partial charge in [0.05, 0.1) is 6.54 Å². The Balaban J connectivity index is 1.63. The van der Waals surface area contributed by atoms with Crippen molar-refractivity contribution in [3.63, 3.8) is 0 Å². The molecule has 0 radical (unpaired) electrons. The Morgan fingerprint density at radius 3 is 2.48 bits per heavy atom. The standard InChI is InChI=1S/C20H24FN3O3/c1-15-8-9-16(14-18(15)21)19(25)22-10-11-23-20(26)24(2)12-13-27-17-6-4-3-5-7-17/h3-9,14H,10-13H2,1-2H3,(H,22,25)(H,23,26). The van der Waals surface area contributed by atoms with Crippen molar-refractivity contribution >= 4 is 11.9 Å². The van der Waals surface area contributed by atoms with Gasteiger partial charge < -0.3 is 20.3 Å². The van der Waals surface area contributed by atoms with Crippen LogP contribution in [0.5, 0.6) is 5.75 Å². The number of hydrogen-bond acceptors (Lipinski definition) is 3. The van der Waals surface area contributed by atoms with E-state index in [1.165, 1.54) is 11.0 Å². The molecule has 2 aromatic carbocycles. The van der Waals surface area contributed by atoms with E-state index in [1.54, 1.807) is 26.1 Å². The van der Waals surface area contributed by atoms with Crippen molar-refractivity contribution in [1.82, 2.24) is 15.5 Å². The normalized spacial score (nSPS) is 10.2. The molecule has 2 aromatic rings. The second kappa shape index (κ2) is 10.2. The van der Waals surface area contributed by atoms with E-state index >= 15 is 0 Å². The van der Waals surface area contributed by atoms with E-state index in [4.69, 9.17) is 4.74 Å². The number of halogens is 1. The zero-order chi connectivity index (χ0) is 19.6. The largest absolute Gasteiger partial charge is 0.492 e. The maximum absolute atomic E-state index is 13.5. The van der Waals surface area contributed by atoms with Crippen LogP contribution in [0.4, 0.5) is 9.18 Å². The summed E-state index contributed by atoms with van der Waals surface area (Å²) >= 11 is 0. The third-order valence-electron chi connectivity index (χ3n) is 3.91. The molecule has 0 atom stereocenters. The third-order valence-corrected chi connectivity index (χ3v) is 3.91. The molecule has 0 heterocycles. The van der Waals surface area contributed by atoms with Crippen LogP contribution < -0.4 is 15.4 Å². The molecule has 2 N–H and O–H groups in total. The molecule has 0 saturated heterocycles. The van der Waals surface area contributed by atoms with Crippen LogP contribution in [0.1, 0.15) is 15.9 Å². The summed E-state index contributed by atoms with van der Waals surface area (Å²) in [7, 11) is 1.66. The van der Waals surface area contributed by atoms with E-state index in [0.29, 0.717) is 18.7 Å². The number of urea groups is 1. The van der Waals surface area contributed by atoms with Gasteiger partial charge in [0.15, 0.2) is 0 Å². The van der Waals surface area contributed by atoms with Crippen LogP contribution in [0.3, 0.4) is 0 Å². The Morgan fingerprint density at radius 2 is 1.78 bits per heavy atom. The molecule has 27 heavy (non-hydrogen) atoms. The van der Waals surface area contributed by atoms with Gasteiger partial charge in [-0.1, -0.05) is 24.3 Å². The van der Waals surface area contributed by atoms with Gasteiger partial charge in [0.1, 0.15) is 18.2 Å². The molecule has 0 aliphatic rings. The first kappa shape index (κ1) is 20.2. The Hall–Kier alpha value is -3.09. The fraction of sp³-hybridized carbons (Fsp3) is 0.300. The highest BCUT2D eigenvalue weighted by atomic mass is 19.1. The highest BCUT2D eigenvalue weighted by Gasteiger charge is 2.10. The summed E-state index contributed by atoms with van der Waals surface area (Å²) in [6, 6.07) is 13.4. The first-order chi connectivity index (χ1) is 13.0. The number of amides is 3. The monoisotopic (exact) mass is 373 g/mol. The molecule has 3 amide bonds. The van der Waals surface area contributed by atoms with Crippen LogP contribution in [0, 0.1) is 12.7 Å². The summed E-state index contributed by atoms with van der Waals surface area (Å²) in [5.41, 5.74) is 0.734. The van der Waals surface area contributed by atoms with Crippen molar-refractivity contribution in [2.45, 2.75) is 6.92 Å². The van der Waals surface area contributed by atoms with E-state index in [9.17, 15) is 14.0 Å². The molecule has 0 aromatic heterocycles. The second-order valence-electron chi connectivity index (χ2n) is 6.03. The van der Waals surface area contributed by atoms with Crippen LogP contribution >= 0.6 is 0 Å². The lowest BCUT2D eigenvalue weighted by molar-refractivity contribution is 0.0953. The number of nitrogens with zero attached hydrogens (tertiary/aromatic N) is 1. The molecule has 0 saturated carbocycles. The molecule has 0 aliphatic heterocycles. The van der Waals surface area contributed by atoms with E-state index in [2.05, 4.69) is 10.6 Å². The predicted molar refractivity (Wildman–Crippen MR) is 101 cm³/mol. The number of ether oxygens (including phenoxy) is 1. The number of aryl methyl sites for hydroxylation is 1. The van der Waals surface area contributed by atoms with Crippen molar-refractivity contribution in [1.29, 1.82) is 0 Å². The summed E-state index contributed by atoms with van der Waals surface area (Å²) in [6.45, 7) is 2.95. The highest BCUT2D eigenvalue weighted by molar-refractivity contribution is 5.94. The van der Waals surface area contributed by atoms with E-state index in [-0.39, 0.29) is 30.6 Å². The Labute approximate surface area is 158 Å². The molecular formula is C20H24FN3O3. The van der Waals surface area contributed by atoms with Crippen LogP contribution in [-0.4, -0.2) is 50.1 Å². The molecule has 7 heteroatoms. The SMILES string of the molecule is Cc1ccc(C(=O)NCCNC(=O)N(C)CCOc2ccccc2)cc1F. The van der Waals surface area contributed by atoms with Crippen molar-refractivity contribution in [2.75, 3.05) is 33.3 Å². The Morgan fingerprint density at radius 1 is 1.07 bits per heavy atom. The van der Waals surface area contributed by atoms with Crippen molar-refractivity contribution in [3.05, 3.63) is 65.5 Å². The van der Waals surface area contributed by atoms with Gasteiger partial charge in [0.2, 0.25) is 0 Å². The lowest BCUT2D eigenvalue weighted by atomic mass is 10.1. The average Bonchev–Trinajstić information content (AvgIpc) is 2.67. The topological polar surface area (TPSA) is 70.7 Å². The number of benzene rings is 2. The molecule has 6 nitrogen and oxygen atoms in total. The fourth-order valence-corrected chi connectivity index (χ4v) is 2.24. The van der Waals surface area contributed by atoms with E-state index in [0.717, 1.165) is 5.75 Å². The van der Waals surface area contributed by atoms with Crippen LogP contribution in [0.15, 0.2) is 48.5 Å². The van der Waals surface area contributed by atoms with Gasteiger partial charge in [-0.25, -0.2) is 9.18 Å². The number of hydrogen-bond donors (Lipinski definition) is 2. The predicted octanol–water partition coefficient (Wildman–Crippen LogP) is 2.58. The smallest absolute Gasteiger partial charge is 0.317 e. The molecule has 0 unspecified atom stereocenters. The zero-order valence-electron chi connectivity index (χ0n) is 15.5. The van der Waals surface area contributed by atoms with E-state index < -0.39 is 5.82 Å². The van der Waals surface area contributed by atoms with E-state index in [1.807, 2.05) is 30.3 Å². The molecule has 0 fully saturated rings. The number of carbonyl (C=O) groups excluding carboxylic acids is 2. The quantitative estimate of drug-likeness (QED) is 0.699. The fourth-order valence-electron chi connectivity index (χ4n) is 2.24. The average molecular weight is 373 g/mol. The summed E-state index contributed by atoms with van der Waals surface area (Å²) in [5, 5.41) is 5.34. The van der Waals surface area contributed by atoms with Gasteiger partial charge in [-0.3, -0.25) is 4.79 Å². The number of likely N-dealkylation sites (N-methyl/N-ethyl adjacent to an activating group) is 1. The third kappa shape index (κ3) is 6.62. The van der Waals surface area contributed by atoms with Crippen LogP contribution in [-0.2, 0) is 0 Å². The van der Waals surface area contributed by atoms with Crippen LogP contribution in [0.25, 0.3) is 0 Å². The molecule has 2 rings (SSSR count). The first-order valence-corrected chi connectivity index (χ1v) is 8.68. The maximum Gasteiger partial charge on any atom is 0.317 e. The minimum absolute atomic E-state index is 0.244. The number of rotatable bonds is 8. The lowest BCUT2D eigenvalue weighted by Crippen LogP contribution is -2.42. The summed E-state index contributed by atoms with van der Waals surface area (Å²) in [6.07, 6.45) is 0. The zero-order valence-corrected chi connectivity index (χ0v) is 15.5. The van der Waals surface area contributed by atoms with Gasteiger partial charge in [0, 0.05) is 25.7 Å². The lowest BCUT2D eigenvalue weighted by Gasteiger charge is -2.18. The number of carbonyl (C=O) groups is 2. The highest BCUT2D eigenvalue weighted by Crippen LogP contribution is 2.09. The summed E-state index contributed by atoms with van der Waals surface area (Å²) in [4.78, 5) is 25.4. The summed E-state index contributed by atoms with van der Waals surface area (Å²) < 4.78 is 19.0. The van der Waals surface area contributed by atoms with Crippen molar-refractivity contribution in [3.8, 4) is 5.75 Å². The molecule has 0 bridgehead atoms. The van der Waals surface area contributed by atoms with Gasteiger partial charge >= 0.3 is 6.03 Å². The van der Waals surface area contributed by atoms with Gasteiger partial charge in [-0.15, -0.1) is 0 Å². The Bertz CT molecular complexity index is 768. The molecule has 0 spiro atoms. The van der Waals surface area contributed by atoms with Gasteiger partial charge in [-0.05, 0) is 36.8 Å². The Kier molecular flexibility index (Phi) is 7.61. The molecular weight excluding hydrogens is 349 g/mol. The van der Waals surface area contributed by atoms with Crippen molar-refractivity contribution < 1.29 is 18.7 Å². The second-order valence-corrected chi connectivity index (χ2v) is 6.03. The molecule has 144 valence electrons. The minimum atomic E-state index is -0.421. The number of para-hydroxylation sites is 1. The maximum atomic E-state index is 13.5. The number of nitrogens with one attached hydrogen (secondary N) is 2. The van der Waals surface area contributed by atoms with Crippen molar-refractivity contribution in [2.24, 2.45) is 0 Å². The first-order valence-electron chi connectivity index (χ1n) is 8.68. The summed E-state index contributed by atoms with van der Waals surface area (Å²) in [5.74, 6) is -0.0513. The van der Waals surface area contributed by atoms with Gasteiger partial charge in [0.25, 0.3) is 5.91 Å². The minimum Gasteiger partial charge on any atom is -0.492 e. The van der Waals surface area contributed by atoms with Crippen LogP contribution in [0.2, 0.25) is 0 Å².